The van der Waals surface area contributed by atoms with Gasteiger partial charge < -0.3 is 16.0 Å². The average molecular weight is 308 g/mol. The molecular formula is C13H23Cl2N3O. The van der Waals surface area contributed by atoms with Gasteiger partial charge in [-0.1, -0.05) is 18.2 Å². The lowest BCUT2D eigenvalue weighted by Crippen LogP contribution is -2.37. The number of nitrogens with two attached hydrogens (primary N) is 1. The molecule has 0 unspecified atom stereocenters. The Hall–Kier alpha value is -0.970. The summed E-state index contributed by atoms with van der Waals surface area (Å²) in [7, 11) is 0. The van der Waals surface area contributed by atoms with Crippen molar-refractivity contribution in [2.45, 2.75) is 13.8 Å². The Morgan fingerprint density at radius 3 is 2.47 bits per heavy atom. The number of carbonyl (C=O) groups excluding carboxylic acids is 1. The van der Waals surface area contributed by atoms with Crippen LogP contribution in [-0.2, 0) is 4.79 Å². The monoisotopic (exact) mass is 307 g/mol. The zero-order valence-corrected chi connectivity index (χ0v) is 13.0. The van der Waals surface area contributed by atoms with Crippen LogP contribution in [0.1, 0.15) is 12.5 Å². The maximum absolute atomic E-state index is 11.0. The van der Waals surface area contributed by atoms with Crippen molar-refractivity contribution in [2.75, 3.05) is 31.1 Å². The van der Waals surface area contributed by atoms with Crippen LogP contribution in [0.3, 0.4) is 0 Å². The number of carbonyl (C=O) groups is 1. The predicted octanol–water partition coefficient (Wildman–Crippen LogP) is 1.74. The number of nitrogens with zero attached hydrogens (tertiary/aromatic N) is 1. The number of para-hydroxylation sites is 1. The Balaban J connectivity index is 0. The third-order valence-corrected chi connectivity index (χ3v) is 2.73. The van der Waals surface area contributed by atoms with Gasteiger partial charge in [-0.2, -0.15) is 0 Å². The van der Waals surface area contributed by atoms with Gasteiger partial charge in [0.2, 0.25) is 5.91 Å². The van der Waals surface area contributed by atoms with Crippen LogP contribution in [0.2, 0.25) is 0 Å². The van der Waals surface area contributed by atoms with E-state index in [-0.39, 0.29) is 37.3 Å². The summed E-state index contributed by atoms with van der Waals surface area (Å²) in [6, 6.07) is 8.26. The Bertz CT molecular complexity index is 375. The molecular weight excluding hydrogens is 285 g/mol. The molecule has 0 heterocycles. The fraction of sp³-hybridized carbons (Fsp3) is 0.462. The lowest BCUT2D eigenvalue weighted by Gasteiger charge is -2.25. The van der Waals surface area contributed by atoms with Crippen LogP contribution < -0.4 is 16.0 Å². The summed E-state index contributed by atoms with van der Waals surface area (Å²) < 4.78 is 0. The summed E-state index contributed by atoms with van der Waals surface area (Å²) in [5.74, 6) is -0.106. The molecule has 0 saturated carbocycles. The van der Waals surface area contributed by atoms with E-state index in [1.807, 2.05) is 12.1 Å². The van der Waals surface area contributed by atoms with E-state index >= 15 is 0 Å². The lowest BCUT2D eigenvalue weighted by atomic mass is 10.2. The molecule has 0 aromatic heterocycles. The third-order valence-electron chi connectivity index (χ3n) is 2.73. The molecule has 0 atom stereocenters. The largest absolute Gasteiger partial charge is 0.370 e. The van der Waals surface area contributed by atoms with Gasteiger partial charge in [-0.25, -0.2) is 0 Å². The molecule has 0 saturated heterocycles. The molecule has 1 aromatic carbocycles. The van der Waals surface area contributed by atoms with Crippen molar-refractivity contribution in [2.24, 2.45) is 5.73 Å². The zero-order valence-electron chi connectivity index (χ0n) is 11.4. The highest BCUT2D eigenvalue weighted by molar-refractivity contribution is 5.85. The maximum atomic E-state index is 11.0. The first-order valence-electron chi connectivity index (χ1n) is 5.96. The number of nitrogens with one attached hydrogen (secondary N) is 1. The lowest BCUT2D eigenvalue weighted by molar-refractivity contribution is -0.119. The highest BCUT2D eigenvalue weighted by Crippen LogP contribution is 2.18. The topological polar surface area (TPSA) is 58.4 Å². The fourth-order valence-electron chi connectivity index (χ4n) is 1.77. The van der Waals surface area contributed by atoms with Crippen molar-refractivity contribution < 1.29 is 4.79 Å². The van der Waals surface area contributed by atoms with Crippen LogP contribution in [0, 0.1) is 6.92 Å². The molecule has 0 radical (unpaired) electrons. The maximum Gasteiger partial charge on any atom is 0.233 e. The van der Waals surface area contributed by atoms with E-state index in [4.69, 9.17) is 5.73 Å². The Labute approximate surface area is 127 Å². The first-order chi connectivity index (χ1) is 8.19. The highest BCUT2D eigenvalue weighted by Gasteiger charge is 2.06. The number of hydrogen-bond donors (Lipinski definition) is 2. The van der Waals surface area contributed by atoms with Crippen LogP contribution in [0.25, 0.3) is 0 Å². The number of benzene rings is 1. The molecule has 0 fully saturated rings. The van der Waals surface area contributed by atoms with E-state index in [9.17, 15) is 4.79 Å². The van der Waals surface area contributed by atoms with Gasteiger partial charge in [-0.15, -0.1) is 24.8 Å². The van der Waals surface area contributed by atoms with E-state index in [2.05, 4.69) is 36.2 Å². The number of hydrogen-bond acceptors (Lipinski definition) is 3. The van der Waals surface area contributed by atoms with E-state index in [0.29, 0.717) is 6.54 Å². The summed E-state index contributed by atoms with van der Waals surface area (Å²) in [6.45, 7) is 6.60. The van der Waals surface area contributed by atoms with Crippen LogP contribution >= 0.6 is 24.8 Å². The van der Waals surface area contributed by atoms with Crippen molar-refractivity contribution in [1.82, 2.24) is 5.32 Å². The quantitative estimate of drug-likeness (QED) is 0.841. The molecule has 0 aliphatic heterocycles. The number of aryl methyl sites for hydroxylation is 1. The second kappa shape index (κ2) is 10.9. The van der Waals surface area contributed by atoms with Gasteiger partial charge in [0.05, 0.1) is 6.54 Å². The second-order valence-electron chi connectivity index (χ2n) is 3.92. The van der Waals surface area contributed by atoms with Crippen molar-refractivity contribution in [3.05, 3.63) is 29.8 Å². The standard InChI is InChI=1S/C13H21N3O.2ClH/c1-3-16(9-8-15-13(17)10-14)12-7-5-4-6-11(12)2;;/h4-7H,3,8-10,14H2,1-2H3,(H,15,17);2*1H. The van der Waals surface area contributed by atoms with E-state index in [1.165, 1.54) is 11.3 Å². The van der Waals surface area contributed by atoms with Crippen LogP contribution in [-0.4, -0.2) is 32.1 Å². The normalized spacial score (nSPS) is 9.00. The van der Waals surface area contributed by atoms with Gasteiger partial charge in [-0.3, -0.25) is 4.79 Å². The van der Waals surface area contributed by atoms with Gasteiger partial charge in [0, 0.05) is 25.3 Å². The summed E-state index contributed by atoms with van der Waals surface area (Å²) in [4.78, 5) is 13.3. The third kappa shape index (κ3) is 6.66. The van der Waals surface area contributed by atoms with E-state index in [0.717, 1.165) is 13.1 Å². The number of rotatable bonds is 6. The van der Waals surface area contributed by atoms with Gasteiger partial charge in [0.15, 0.2) is 0 Å². The van der Waals surface area contributed by atoms with Crippen molar-refractivity contribution in [3.63, 3.8) is 0 Å². The zero-order chi connectivity index (χ0) is 12.7. The molecule has 6 heteroatoms. The molecule has 1 aromatic rings. The summed E-state index contributed by atoms with van der Waals surface area (Å²) in [5, 5.41) is 2.78. The Morgan fingerprint density at radius 1 is 1.32 bits per heavy atom. The van der Waals surface area contributed by atoms with Gasteiger partial charge in [0.1, 0.15) is 0 Å². The molecule has 0 aliphatic rings. The number of amides is 1. The SMILES string of the molecule is CCN(CCNC(=O)CN)c1ccccc1C.Cl.Cl. The number of likely N-dealkylation sites (N-methyl/N-ethyl adjacent to an activating group) is 1. The molecule has 1 rings (SSSR count). The number of anilines is 1. The summed E-state index contributed by atoms with van der Waals surface area (Å²) in [5.41, 5.74) is 7.70. The average Bonchev–Trinajstić information content (AvgIpc) is 2.35. The van der Waals surface area contributed by atoms with Crippen molar-refractivity contribution in [1.29, 1.82) is 0 Å². The molecule has 0 aliphatic carbocycles. The summed E-state index contributed by atoms with van der Waals surface area (Å²) >= 11 is 0. The van der Waals surface area contributed by atoms with Crippen molar-refractivity contribution >= 4 is 36.4 Å². The van der Waals surface area contributed by atoms with Crippen LogP contribution in [0.15, 0.2) is 24.3 Å². The summed E-state index contributed by atoms with van der Waals surface area (Å²) in [6.07, 6.45) is 0. The van der Waals surface area contributed by atoms with Crippen LogP contribution in [0.4, 0.5) is 5.69 Å². The molecule has 0 bridgehead atoms. The van der Waals surface area contributed by atoms with E-state index in [1.54, 1.807) is 0 Å². The first kappa shape index (κ1) is 20.3. The molecule has 4 nitrogen and oxygen atoms in total. The second-order valence-corrected chi connectivity index (χ2v) is 3.92. The van der Waals surface area contributed by atoms with Gasteiger partial charge in [0.25, 0.3) is 0 Å². The Kier molecular flexibility index (Phi) is 11.7. The van der Waals surface area contributed by atoms with Crippen molar-refractivity contribution in [3.8, 4) is 0 Å². The molecule has 1 amide bonds. The molecule has 3 N–H and O–H groups in total. The van der Waals surface area contributed by atoms with Crippen LogP contribution in [0.5, 0.6) is 0 Å². The minimum absolute atomic E-state index is 0. The number of halogens is 2. The fourth-order valence-corrected chi connectivity index (χ4v) is 1.77. The highest BCUT2D eigenvalue weighted by atomic mass is 35.5. The molecule has 0 spiro atoms. The predicted molar refractivity (Wildman–Crippen MR) is 85.6 cm³/mol. The Morgan fingerprint density at radius 2 is 1.95 bits per heavy atom. The minimum Gasteiger partial charge on any atom is -0.370 e. The van der Waals surface area contributed by atoms with E-state index < -0.39 is 0 Å². The minimum atomic E-state index is -0.106. The first-order valence-corrected chi connectivity index (χ1v) is 5.96. The molecule has 110 valence electrons. The smallest absolute Gasteiger partial charge is 0.233 e. The molecule has 19 heavy (non-hydrogen) atoms. The van der Waals surface area contributed by atoms with Gasteiger partial charge >= 0.3 is 0 Å². The van der Waals surface area contributed by atoms with Gasteiger partial charge in [-0.05, 0) is 25.5 Å².